The molecule has 0 spiro atoms. The molecule has 1 aromatic rings. The second-order valence-electron chi connectivity index (χ2n) is 6.25. The van der Waals surface area contributed by atoms with Crippen LogP contribution in [0.1, 0.15) is 47.7 Å². The SMILES string of the molecule is CC1CCCC1CNC(=O)c1cccc2c1CCNC2. The van der Waals surface area contributed by atoms with E-state index in [0.717, 1.165) is 37.5 Å². The summed E-state index contributed by atoms with van der Waals surface area (Å²) in [6.07, 6.45) is 4.85. The van der Waals surface area contributed by atoms with Crippen LogP contribution in [0.3, 0.4) is 0 Å². The van der Waals surface area contributed by atoms with E-state index in [1.54, 1.807) is 0 Å². The summed E-state index contributed by atoms with van der Waals surface area (Å²) >= 11 is 0. The first-order valence-electron chi connectivity index (χ1n) is 7.85. The molecule has 0 aromatic heterocycles. The maximum atomic E-state index is 12.4. The number of hydrogen-bond donors (Lipinski definition) is 2. The fourth-order valence-electron chi connectivity index (χ4n) is 3.59. The van der Waals surface area contributed by atoms with Crippen LogP contribution in [0.25, 0.3) is 0 Å². The zero-order valence-corrected chi connectivity index (χ0v) is 12.2. The van der Waals surface area contributed by atoms with E-state index in [4.69, 9.17) is 0 Å². The average Bonchev–Trinajstić information content (AvgIpc) is 2.89. The summed E-state index contributed by atoms with van der Waals surface area (Å²) in [6.45, 7) is 4.99. The lowest BCUT2D eigenvalue weighted by atomic mass is 9.94. The third-order valence-corrected chi connectivity index (χ3v) is 4.95. The lowest BCUT2D eigenvalue weighted by Gasteiger charge is -2.21. The second-order valence-corrected chi connectivity index (χ2v) is 6.25. The molecule has 2 unspecified atom stereocenters. The van der Waals surface area contributed by atoms with Gasteiger partial charge in [0.1, 0.15) is 0 Å². The highest BCUT2D eigenvalue weighted by Crippen LogP contribution is 2.30. The number of benzene rings is 1. The van der Waals surface area contributed by atoms with Crippen LogP contribution in [0.15, 0.2) is 18.2 Å². The predicted octanol–water partition coefficient (Wildman–Crippen LogP) is 2.50. The molecule has 1 aliphatic carbocycles. The largest absolute Gasteiger partial charge is 0.352 e. The zero-order valence-electron chi connectivity index (χ0n) is 12.2. The van der Waals surface area contributed by atoms with Gasteiger partial charge in [0.15, 0.2) is 0 Å². The molecule has 2 aliphatic rings. The molecule has 1 heterocycles. The molecule has 1 aromatic carbocycles. The standard InChI is InChI=1S/C17H24N2O/c1-12-4-2-5-13(12)11-19-17(20)16-7-3-6-14-10-18-9-8-15(14)16/h3,6-7,12-13,18H,2,4-5,8-11H2,1H3,(H,19,20). The fourth-order valence-corrected chi connectivity index (χ4v) is 3.59. The van der Waals surface area contributed by atoms with Gasteiger partial charge >= 0.3 is 0 Å². The molecule has 20 heavy (non-hydrogen) atoms. The van der Waals surface area contributed by atoms with Crippen LogP contribution >= 0.6 is 0 Å². The van der Waals surface area contributed by atoms with Crippen LogP contribution in [-0.2, 0) is 13.0 Å². The topological polar surface area (TPSA) is 41.1 Å². The van der Waals surface area contributed by atoms with E-state index in [1.807, 2.05) is 12.1 Å². The van der Waals surface area contributed by atoms with E-state index in [1.165, 1.54) is 30.4 Å². The molecule has 1 amide bonds. The Morgan fingerprint density at radius 1 is 1.40 bits per heavy atom. The first-order valence-corrected chi connectivity index (χ1v) is 7.85. The summed E-state index contributed by atoms with van der Waals surface area (Å²) < 4.78 is 0. The molecule has 2 atom stereocenters. The summed E-state index contributed by atoms with van der Waals surface area (Å²) in [5.41, 5.74) is 3.40. The van der Waals surface area contributed by atoms with Crippen molar-refractivity contribution in [2.24, 2.45) is 11.8 Å². The van der Waals surface area contributed by atoms with Gasteiger partial charge in [0.25, 0.3) is 5.91 Å². The quantitative estimate of drug-likeness (QED) is 0.887. The van der Waals surface area contributed by atoms with Gasteiger partial charge in [0.2, 0.25) is 0 Å². The maximum Gasteiger partial charge on any atom is 0.251 e. The number of carbonyl (C=O) groups is 1. The Morgan fingerprint density at radius 3 is 3.10 bits per heavy atom. The third kappa shape index (κ3) is 2.73. The van der Waals surface area contributed by atoms with Crippen LogP contribution < -0.4 is 10.6 Å². The van der Waals surface area contributed by atoms with Crippen molar-refractivity contribution >= 4 is 5.91 Å². The molecule has 2 N–H and O–H groups in total. The van der Waals surface area contributed by atoms with Crippen molar-refractivity contribution in [3.05, 3.63) is 34.9 Å². The smallest absolute Gasteiger partial charge is 0.251 e. The Labute approximate surface area is 121 Å². The number of nitrogens with one attached hydrogen (secondary N) is 2. The van der Waals surface area contributed by atoms with Gasteiger partial charge in [-0.3, -0.25) is 4.79 Å². The normalized spacial score (nSPS) is 25.2. The molecule has 0 radical (unpaired) electrons. The van der Waals surface area contributed by atoms with Crippen LogP contribution in [0, 0.1) is 11.8 Å². The monoisotopic (exact) mass is 272 g/mol. The Kier molecular flexibility index (Phi) is 4.06. The molecule has 1 aliphatic heterocycles. The van der Waals surface area contributed by atoms with Crippen molar-refractivity contribution in [3.8, 4) is 0 Å². The van der Waals surface area contributed by atoms with Gasteiger partial charge < -0.3 is 10.6 Å². The van der Waals surface area contributed by atoms with E-state index >= 15 is 0 Å². The minimum atomic E-state index is 0.114. The van der Waals surface area contributed by atoms with E-state index < -0.39 is 0 Å². The van der Waals surface area contributed by atoms with E-state index in [0.29, 0.717) is 5.92 Å². The van der Waals surface area contributed by atoms with Crippen molar-refractivity contribution in [2.45, 2.75) is 39.2 Å². The zero-order chi connectivity index (χ0) is 13.9. The van der Waals surface area contributed by atoms with Crippen LogP contribution in [0.5, 0.6) is 0 Å². The summed E-state index contributed by atoms with van der Waals surface area (Å²) in [5.74, 6) is 1.53. The van der Waals surface area contributed by atoms with Gasteiger partial charge in [-0.25, -0.2) is 0 Å². The molecule has 3 heteroatoms. The van der Waals surface area contributed by atoms with Crippen molar-refractivity contribution < 1.29 is 4.79 Å². The van der Waals surface area contributed by atoms with Crippen LogP contribution in [0.4, 0.5) is 0 Å². The molecule has 1 fully saturated rings. The molecular weight excluding hydrogens is 248 g/mol. The molecule has 3 nitrogen and oxygen atoms in total. The molecule has 0 bridgehead atoms. The number of hydrogen-bond acceptors (Lipinski definition) is 2. The maximum absolute atomic E-state index is 12.4. The first kappa shape index (κ1) is 13.6. The van der Waals surface area contributed by atoms with Gasteiger partial charge in [-0.2, -0.15) is 0 Å². The van der Waals surface area contributed by atoms with Crippen molar-refractivity contribution in [2.75, 3.05) is 13.1 Å². The summed E-state index contributed by atoms with van der Waals surface area (Å²) in [6, 6.07) is 6.09. The lowest BCUT2D eigenvalue weighted by Crippen LogP contribution is -2.32. The Hall–Kier alpha value is -1.35. The second kappa shape index (κ2) is 5.96. The Bertz CT molecular complexity index is 498. The molecule has 3 rings (SSSR count). The van der Waals surface area contributed by atoms with E-state index in [9.17, 15) is 4.79 Å². The number of amides is 1. The summed E-state index contributed by atoms with van der Waals surface area (Å²) in [5, 5.41) is 6.52. The van der Waals surface area contributed by atoms with Crippen LogP contribution in [0.2, 0.25) is 0 Å². The summed E-state index contributed by atoms with van der Waals surface area (Å²) in [7, 11) is 0. The molecular formula is C17H24N2O. The lowest BCUT2D eigenvalue weighted by molar-refractivity contribution is 0.0943. The molecule has 1 saturated carbocycles. The average molecular weight is 272 g/mol. The highest BCUT2D eigenvalue weighted by molar-refractivity contribution is 5.96. The van der Waals surface area contributed by atoms with E-state index in [-0.39, 0.29) is 5.91 Å². The predicted molar refractivity (Wildman–Crippen MR) is 80.7 cm³/mol. The van der Waals surface area contributed by atoms with E-state index in [2.05, 4.69) is 23.6 Å². The van der Waals surface area contributed by atoms with Crippen molar-refractivity contribution in [1.29, 1.82) is 0 Å². The number of fused-ring (bicyclic) bond motifs is 1. The van der Waals surface area contributed by atoms with Gasteiger partial charge in [-0.15, -0.1) is 0 Å². The summed E-state index contributed by atoms with van der Waals surface area (Å²) in [4.78, 5) is 12.4. The minimum absolute atomic E-state index is 0.114. The minimum Gasteiger partial charge on any atom is -0.352 e. The van der Waals surface area contributed by atoms with Crippen molar-refractivity contribution in [1.82, 2.24) is 10.6 Å². The highest BCUT2D eigenvalue weighted by atomic mass is 16.1. The van der Waals surface area contributed by atoms with Crippen molar-refractivity contribution in [3.63, 3.8) is 0 Å². The first-order chi connectivity index (χ1) is 9.75. The van der Waals surface area contributed by atoms with Gasteiger partial charge in [-0.1, -0.05) is 31.9 Å². The fraction of sp³-hybridized carbons (Fsp3) is 0.588. The van der Waals surface area contributed by atoms with Gasteiger partial charge in [-0.05, 0) is 48.4 Å². The highest BCUT2D eigenvalue weighted by Gasteiger charge is 2.24. The third-order valence-electron chi connectivity index (χ3n) is 4.95. The Morgan fingerprint density at radius 2 is 2.30 bits per heavy atom. The van der Waals surface area contributed by atoms with Crippen LogP contribution in [-0.4, -0.2) is 19.0 Å². The van der Waals surface area contributed by atoms with Gasteiger partial charge in [0, 0.05) is 18.7 Å². The molecule has 108 valence electrons. The van der Waals surface area contributed by atoms with Gasteiger partial charge in [0.05, 0.1) is 0 Å². The number of rotatable bonds is 3. The Balaban J connectivity index is 1.68. The number of carbonyl (C=O) groups excluding carboxylic acids is 1. The molecule has 0 saturated heterocycles.